The van der Waals surface area contributed by atoms with E-state index in [0.717, 1.165) is 29.5 Å². The summed E-state index contributed by atoms with van der Waals surface area (Å²) < 4.78 is 1.62. The number of hydrogen-bond donors (Lipinski definition) is 1. The van der Waals surface area contributed by atoms with Crippen LogP contribution in [0.3, 0.4) is 0 Å². The third kappa shape index (κ3) is 2.44. The Morgan fingerprint density at radius 1 is 1.33 bits per heavy atom. The molecule has 1 N–H and O–H groups in total. The molecule has 1 saturated carbocycles. The molecule has 1 heterocycles. The molecular formula is C16H19N3O2. The summed E-state index contributed by atoms with van der Waals surface area (Å²) in [5, 5.41) is 2.84. The van der Waals surface area contributed by atoms with E-state index in [1.165, 1.54) is 0 Å². The van der Waals surface area contributed by atoms with Crippen molar-refractivity contribution in [2.75, 3.05) is 0 Å². The fourth-order valence-corrected chi connectivity index (χ4v) is 2.44. The highest BCUT2D eigenvalue weighted by molar-refractivity contribution is 5.94. The average molecular weight is 285 g/mol. The highest BCUT2D eigenvalue weighted by Crippen LogP contribution is 2.20. The maximum Gasteiger partial charge on any atom is 0.282 e. The van der Waals surface area contributed by atoms with Crippen LogP contribution in [0.15, 0.2) is 16.9 Å². The lowest BCUT2D eigenvalue weighted by Gasteiger charge is -2.12. The molecule has 0 aliphatic heterocycles. The molecular weight excluding hydrogens is 266 g/mol. The fraction of sp³-hybridized carbons (Fsp3) is 0.438. The average Bonchev–Trinajstić information content (AvgIpc) is 3.24. The number of hydrogen-bond acceptors (Lipinski definition) is 3. The van der Waals surface area contributed by atoms with E-state index in [2.05, 4.69) is 10.3 Å². The summed E-state index contributed by atoms with van der Waals surface area (Å²) in [6.45, 7) is 6.43. The molecule has 5 heteroatoms. The van der Waals surface area contributed by atoms with Crippen LogP contribution in [-0.2, 0) is 6.54 Å². The van der Waals surface area contributed by atoms with Gasteiger partial charge >= 0.3 is 0 Å². The lowest BCUT2D eigenvalue weighted by Crippen LogP contribution is -2.35. The van der Waals surface area contributed by atoms with Crippen molar-refractivity contribution in [3.63, 3.8) is 0 Å². The topological polar surface area (TPSA) is 64.0 Å². The molecule has 110 valence electrons. The van der Waals surface area contributed by atoms with Crippen molar-refractivity contribution in [1.29, 1.82) is 0 Å². The molecule has 1 fully saturated rings. The van der Waals surface area contributed by atoms with Gasteiger partial charge in [0.1, 0.15) is 0 Å². The van der Waals surface area contributed by atoms with Gasteiger partial charge in [-0.15, -0.1) is 0 Å². The molecule has 1 aliphatic carbocycles. The number of nitrogens with zero attached hydrogens (tertiary/aromatic N) is 2. The smallest absolute Gasteiger partial charge is 0.282 e. The zero-order valence-corrected chi connectivity index (χ0v) is 12.6. The van der Waals surface area contributed by atoms with E-state index in [0.29, 0.717) is 12.1 Å². The highest BCUT2D eigenvalue weighted by Gasteiger charge is 2.26. The number of carbonyl (C=O) groups is 1. The third-order valence-electron chi connectivity index (χ3n) is 4.01. The van der Waals surface area contributed by atoms with E-state index in [9.17, 15) is 9.59 Å². The van der Waals surface area contributed by atoms with Crippen molar-refractivity contribution in [3.05, 3.63) is 39.3 Å². The summed E-state index contributed by atoms with van der Waals surface area (Å²) >= 11 is 0. The Bertz CT molecular complexity index is 788. The van der Waals surface area contributed by atoms with Crippen LogP contribution < -0.4 is 10.9 Å². The first-order chi connectivity index (χ1) is 10.0. The van der Waals surface area contributed by atoms with Gasteiger partial charge in [-0.1, -0.05) is 0 Å². The van der Waals surface area contributed by atoms with Crippen LogP contribution in [0.5, 0.6) is 0 Å². The largest absolute Gasteiger partial charge is 0.348 e. The van der Waals surface area contributed by atoms with Gasteiger partial charge in [-0.25, -0.2) is 4.98 Å². The zero-order chi connectivity index (χ0) is 15.1. The van der Waals surface area contributed by atoms with Gasteiger partial charge in [0, 0.05) is 12.6 Å². The number of rotatable bonds is 3. The molecule has 0 radical (unpaired) electrons. The molecule has 0 unspecified atom stereocenters. The first-order valence-electron chi connectivity index (χ1n) is 7.34. The van der Waals surface area contributed by atoms with Gasteiger partial charge < -0.3 is 9.88 Å². The van der Waals surface area contributed by atoms with Gasteiger partial charge in [0.15, 0.2) is 5.69 Å². The van der Waals surface area contributed by atoms with E-state index < -0.39 is 0 Å². The van der Waals surface area contributed by atoms with E-state index in [1.807, 2.05) is 32.9 Å². The number of aromatic nitrogens is 2. The number of fused-ring (bicyclic) bond motifs is 1. The van der Waals surface area contributed by atoms with E-state index in [1.54, 1.807) is 4.57 Å². The zero-order valence-electron chi connectivity index (χ0n) is 12.6. The lowest BCUT2D eigenvalue weighted by molar-refractivity contribution is 0.0944. The Morgan fingerprint density at radius 2 is 2.00 bits per heavy atom. The van der Waals surface area contributed by atoms with Gasteiger partial charge in [-0.3, -0.25) is 9.59 Å². The quantitative estimate of drug-likeness (QED) is 0.937. The molecule has 1 aromatic heterocycles. The second-order valence-corrected chi connectivity index (χ2v) is 5.68. The van der Waals surface area contributed by atoms with Crippen molar-refractivity contribution >= 4 is 16.9 Å². The molecule has 21 heavy (non-hydrogen) atoms. The minimum atomic E-state index is -0.357. The minimum absolute atomic E-state index is 0.000460. The number of amides is 1. The van der Waals surface area contributed by atoms with Crippen molar-refractivity contribution in [2.24, 2.45) is 0 Å². The van der Waals surface area contributed by atoms with E-state index in [-0.39, 0.29) is 23.2 Å². The Kier molecular flexibility index (Phi) is 3.27. The summed E-state index contributed by atoms with van der Waals surface area (Å²) in [4.78, 5) is 29.0. The Morgan fingerprint density at radius 3 is 2.62 bits per heavy atom. The second-order valence-electron chi connectivity index (χ2n) is 5.68. The standard InChI is InChI=1S/C16H19N3O2/c1-4-19-13-8-10(3)9(2)7-12(13)18-14(16(19)21)15(20)17-11-5-6-11/h7-8,11H,4-6H2,1-3H3,(H,17,20). The monoisotopic (exact) mass is 285 g/mol. The van der Waals surface area contributed by atoms with E-state index >= 15 is 0 Å². The van der Waals surface area contributed by atoms with Crippen molar-refractivity contribution < 1.29 is 4.79 Å². The van der Waals surface area contributed by atoms with Crippen LogP contribution in [0, 0.1) is 13.8 Å². The van der Waals surface area contributed by atoms with Crippen LogP contribution in [0.1, 0.15) is 41.4 Å². The summed E-state index contributed by atoms with van der Waals surface area (Å²) in [5.41, 5.74) is 3.38. The Labute approximate surface area is 123 Å². The molecule has 1 aromatic carbocycles. The number of nitrogens with one attached hydrogen (secondary N) is 1. The minimum Gasteiger partial charge on any atom is -0.348 e. The predicted octanol–water partition coefficient (Wildman–Crippen LogP) is 1.93. The first kappa shape index (κ1) is 13.8. The van der Waals surface area contributed by atoms with Gasteiger partial charge in [0.05, 0.1) is 11.0 Å². The molecule has 3 rings (SSSR count). The molecule has 1 aliphatic rings. The third-order valence-corrected chi connectivity index (χ3v) is 4.01. The fourth-order valence-electron chi connectivity index (χ4n) is 2.44. The highest BCUT2D eigenvalue weighted by atomic mass is 16.2. The molecule has 0 atom stereocenters. The summed E-state index contributed by atoms with van der Waals surface area (Å²) in [5.74, 6) is -0.357. The van der Waals surface area contributed by atoms with Crippen LogP contribution in [0.4, 0.5) is 0 Å². The summed E-state index contributed by atoms with van der Waals surface area (Å²) in [6.07, 6.45) is 1.97. The molecule has 1 amide bonds. The maximum atomic E-state index is 12.5. The van der Waals surface area contributed by atoms with Crippen molar-refractivity contribution in [2.45, 2.75) is 46.2 Å². The van der Waals surface area contributed by atoms with Gasteiger partial charge in [0.25, 0.3) is 11.5 Å². The molecule has 2 aromatic rings. The number of aryl methyl sites for hydroxylation is 3. The van der Waals surface area contributed by atoms with Gasteiger partial charge in [0.2, 0.25) is 0 Å². The summed E-state index contributed by atoms with van der Waals surface area (Å²) in [7, 11) is 0. The lowest BCUT2D eigenvalue weighted by atomic mass is 10.1. The Hall–Kier alpha value is -2.17. The van der Waals surface area contributed by atoms with Gasteiger partial charge in [-0.2, -0.15) is 0 Å². The van der Waals surface area contributed by atoms with Crippen molar-refractivity contribution in [1.82, 2.24) is 14.9 Å². The van der Waals surface area contributed by atoms with Gasteiger partial charge in [-0.05, 0) is 56.9 Å². The molecule has 0 saturated heterocycles. The van der Waals surface area contributed by atoms with E-state index in [4.69, 9.17) is 0 Å². The molecule has 0 spiro atoms. The summed E-state index contributed by atoms with van der Waals surface area (Å²) in [6, 6.07) is 4.11. The molecule has 5 nitrogen and oxygen atoms in total. The Balaban J connectivity index is 2.21. The first-order valence-corrected chi connectivity index (χ1v) is 7.34. The van der Waals surface area contributed by atoms with Crippen LogP contribution >= 0.6 is 0 Å². The van der Waals surface area contributed by atoms with Crippen LogP contribution in [-0.4, -0.2) is 21.5 Å². The maximum absolute atomic E-state index is 12.5. The normalized spacial score (nSPS) is 14.4. The molecule has 0 bridgehead atoms. The SMILES string of the molecule is CCn1c(=O)c(C(=O)NC2CC2)nc2cc(C)c(C)cc21. The van der Waals surface area contributed by atoms with Crippen molar-refractivity contribution in [3.8, 4) is 0 Å². The number of carbonyl (C=O) groups excluding carboxylic acids is 1. The van der Waals surface area contributed by atoms with Crippen LogP contribution in [0.25, 0.3) is 11.0 Å². The number of benzene rings is 1. The van der Waals surface area contributed by atoms with Crippen LogP contribution in [0.2, 0.25) is 0 Å². The predicted molar refractivity (Wildman–Crippen MR) is 81.6 cm³/mol. The second kappa shape index (κ2) is 4.98.